The number of nitrogen functional groups attached to an aromatic ring is 1. The van der Waals surface area contributed by atoms with Crippen LogP contribution < -0.4 is 5.73 Å². The van der Waals surface area contributed by atoms with Crippen molar-refractivity contribution in [3.8, 4) is 0 Å². The first-order valence-electron chi connectivity index (χ1n) is 5.36. The summed E-state index contributed by atoms with van der Waals surface area (Å²) in [6, 6.07) is 2.02. The number of aromatic nitrogens is 1. The summed E-state index contributed by atoms with van der Waals surface area (Å²) in [4.78, 5) is 4.68. The van der Waals surface area contributed by atoms with Gasteiger partial charge in [-0.1, -0.05) is 29.8 Å². The van der Waals surface area contributed by atoms with Gasteiger partial charge in [-0.15, -0.1) is 0 Å². The van der Waals surface area contributed by atoms with Gasteiger partial charge in [0.1, 0.15) is 5.82 Å². The Morgan fingerprint density at radius 3 is 2.67 bits per heavy atom. The van der Waals surface area contributed by atoms with Crippen LogP contribution >= 0.6 is 15.9 Å². The topological polar surface area (TPSA) is 38.9 Å². The van der Waals surface area contributed by atoms with E-state index < -0.39 is 0 Å². The number of nitrogens with zero attached hydrogens (tertiary/aromatic N) is 1. The molecular formula is C12H19BrN2. The van der Waals surface area contributed by atoms with Crippen molar-refractivity contribution in [1.29, 1.82) is 0 Å². The minimum atomic E-state index is 0.552. The minimum absolute atomic E-state index is 0.552. The van der Waals surface area contributed by atoms with Crippen LogP contribution in [0.2, 0.25) is 0 Å². The SMILES string of the molecule is Cc1ccnc(N)c1CCC(Br)C(C)C. The van der Waals surface area contributed by atoms with Gasteiger partial charge in [-0.3, -0.25) is 0 Å². The second-order valence-electron chi connectivity index (χ2n) is 4.29. The number of hydrogen-bond acceptors (Lipinski definition) is 2. The van der Waals surface area contributed by atoms with Gasteiger partial charge in [-0.05, 0) is 42.9 Å². The first-order valence-corrected chi connectivity index (χ1v) is 6.28. The highest BCUT2D eigenvalue weighted by Gasteiger charge is 2.11. The van der Waals surface area contributed by atoms with Crippen LogP contribution in [-0.2, 0) is 6.42 Å². The number of nitrogens with two attached hydrogens (primary N) is 1. The quantitative estimate of drug-likeness (QED) is 0.853. The Hall–Kier alpha value is -0.570. The molecule has 0 aliphatic carbocycles. The van der Waals surface area contributed by atoms with Gasteiger partial charge < -0.3 is 5.73 Å². The lowest BCUT2D eigenvalue weighted by molar-refractivity contribution is 0.581. The molecule has 0 spiro atoms. The van der Waals surface area contributed by atoms with E-state index in [2.05, 4.69) is 41.7 Å². The van der Waals surface area contributed by atoms with Crippen molar-refractivity contribution < 1.29 is 0 Å². The number of rotatable bonds is 4. The monoisotopic (exact) mass is 270 g/mol. The smallest absolute Gasteiger partial charge is 0.126 e. The van der Waals surface area contributed by atoms with Crippen molar-refractivity contribution in [1.82, 2.24) is 4.98 Å². The van der Waals surface area contributed by atoms with E-state index in [-0.39, 0.29) is 0 Å². The molecule has 2 nitrogen and oxygen atoms in total. The first kappa shape index (κ1) is 12.5. The minimum Gasteiger partial charge on any atom is -0.383 e. The molecule has 0 radical (unpaired) electrons. The van der Waals surface area contributed by atoms with Gasteiger partial charge in [0.2, 0.25) is 0 Å². The van der Waals surface area contributed by atoms with E-state index in [1.54, 1.807) is 6.20 Å². The Kier molecular flexibility index (Phi) is 4.58. The number of alkyl halides is 1. The standard InChI is InChI=1S/C12H19BrN2/c1-8(2)11(13)5-4-10-9(3)6-7-15-12(10)14/h6-8,11H,4-5H2,1-3H3,(H2,14,15). The van der Waals surface area contributed by atoms with E-state index in [0.29, 0.717) is 16.6 Å². The summed E-state index contributed by atoms with van der Waals surface area (Å²) in [5.74, 6) is 1.33. The van der Waals surface area contributed by atoms with Crippen molar-refractivity contribution in [3.05, 3.63) is 23.4 Å². The summed E-state index contributed by atoms with van der Waals surface area (Å²) in [6.07, 6.45) is 3.87. The Morgan fingerprint density at radius 2 is 2.13 bits per heavy atom. The van der Waals surface area contributed by atoms with Gasteiger partial charge in [0, 0.05) is 11.0 Å². The van der Waals surface area contributed by atoms with Crippen molar-refractivity contribution >= 4 is 21.7 Å². The van der Waals surface area contributed by atoms with Crippen molar-refractivity contribution in [2.24, 2.45) is 5.92 Å². The molecule has 1 aromatic heterocycles. The fourth-order valence-electron chi connectivity index (χ4n) is 1.55. The first-order chi connectivity index (χ1) is 7.02. The van der Waals surface area contributed by atoms with Crippen LogP contribution in [-0.4, -0.2) is 9.81 Å². The molecule has 0 aliphatic rings. The van der Waals surface area contributed by atoms with Crippen molar-refractivity contribution in [2.75, 3.05) is 5.73 Å². The Bertz CT molecular complexity index is 303. The lowest BCUT2D eigenvalue weighted by Crippen LogP contribution is -2.10. The average molecular weight is 271 g/mol. The normalized spacial score (nSPS) is 13.1. The molecule has 3 heteroatoms. The molecule has 0 aliphatic heterocycles. The summed E-state index contributed by atoms with van der Waals surface area (Å²) in [7, 11) is 0. The predicted octanol–water partition coefficient (Wildman–Crippen LogP) is 3.32. The van der Waals surface area contributed by atoms with E-state index in [1.165, 1.54) is 11.1 Å². The third-order valence-corrected chi connectivity index (χ3v) is 4.23. The third-order valence-electron chi connectivity index (χ3n) is 2.72. The highest BCUT2D eigenvalue weighted by molar-refractivity contribution is 9.09. The zero-order chi connectivity index (χ0) is 11.4. The number of pyridine rings is 1. The lowest BCUT2D eigenvalue weighted by atomic mass is 10.00. The van der Waals surface area contributed by atoms with Gasteiger partial charge in [-0.25, -0.2) is 4.98 Å². The van der Waals surface area contributed by atoms with E-state index in [9.17, 15) is 0 Å². The van der Waals surface area contributed by atoms with Crippen LogP contribution in [0.15, 0.2) is 12.3 Å². The third kappa shape index (κ3) is 3.49. The van der Waals surface area contributed by atoms with Gasteiger partial charge in [0.05, 0.1) is 0 Å². The van der Waals surface area contributed by atoms with Crippen LogP contribution in [0.4, 0.5) is 5.82 Å². The molecule has 15 heavy (non-hydrogen) atoms. The molecular weight excluding hydrogens is 252 g/mol. The molecule has 2 N–H and O–H groups in total. The van der Waals surface area contributed by atoms with Crippen molar-refractivity contribution in [3.63, 3.8) is 0 Å². The second-order valence-corrected chi connectivity index (χ2v) is 5.47. The zero-order valence-electron chi connectivity index (χ0n) is 9.63. The van der Waals surface area contributed by atoms with Crippen molar-refractivity contribution in [2.45, 2.75) is 38.4 Å². The summed E-state index contributed by atoms with van der Waals surface area (Å²) in [5.41, 5.74) is 8.30. The maximum absolute atomic E-state index is 5.86. The van der Waals surface area contributed by atoms with Crippen LogP contribution in [0.5, 0.6) is 0 Å². The number of hydrogen-bond donors (Lipinski definition) is 1. The van der Waals surface area contributed by atoms with E-state index >= 15 is 0 Å². The highest BCUT2D eigenvalue weighted by Crippen LogP contribution is 2.22. The molecule has 0 bridgehead atoms. The molecule has 1 unspecified atom stereocenters. The Morgan fingerprint density at radius 1 is 1.47 bits per heavy atom. The molecule has 1 aromatic rings. The fraction of sp³-hybridized carbons (Fsp3) is 0.583. The van der Waals surface area contributed by atoms with Gasteiger partial charge >= 0.3 is 0 Å². The van der Waals surface area contributed by atoms with Crippen LogP contribution in [0, 0.1) is 12.8 Å². The summed E-state index contributed by atoms with van der Waals surface area (Å²) >= 11 is 3.69. The molecule has 1 atom stereocenters. The maximum Gasteiger partial charge on any atom is 0.126 e. The molecule has 0 saturated heterocycles. The summed E-state index contributed by atoms with van der Waals surface area (Å²) < 4.78 is 0. The summed E-state index contributed by atoms with van der Waals surface area (Å²) in [6.45, 7) is 6.53. The number of aryl methyl sites for hydroxylation is 1. The lowest BCUT2D eigenvalue weighted by Gasteiger charge is -2.15. The van der Waals surface area contributed by atoms with Crippen LogP contribution in [0.3, 0.4) is 0 Å². The van der Waals surface area contributed by atoms with E-state index in [4.69, 9.17) is 5.73 Å². The zero-order valence-corrected chi connectivity index (χ0v) is 11.2. The largest absolute Gasteiger partial charge is 0.383 e. The highest BCUT2D eigenvalue weighted by atomic mass is 79.9. The van der Waals surface area contributed by atoms with Crippen LogP contribution in [0.1, 0.15) is 31.4 Å². The number of halogens is 1. The Labute approximate surface area is 100 Å². The van der Waals surface area contributed by atoms with Gasteiger partial charge in [0.25, 0.3) is 0 Å². The molecule has 0 saturated carbocycles. The number of anilines is 1. The fourth-order valence-corrected chi connectivity index (χ4v) is 1.78. The molecule has 0 aromatic carbocycles. The predicted molar refractivity (Wildman–Crippen MR) is 69.3 cm³/mol. The van der Waals surface area contributed by atoms with E-state index in [0.717, 1.165) is 12.8 Å². The molecule has 0 fully saturated rings. The molecule has 1 rings (SSSR count). The second kappa shape index (κ2) is 5.50. The van der Waals surface area contributed by atoms with Gasteiger partial charge in [-0.2, -0.15) is 0 Å². The van der Waals surface area contributed by atoms with Crippen LogP contribution in [0.25, 0.3) is 0 Å². The maximum atomic E-state index is 5.86. The van der Waals surface area contributed by atoms with Gasteiger partial charge in [0.15, 0.2) is 0 Å². The average Bonchev–Trinajstić information content (AvgIpc) is 2.16. The molecule has 0 amide bonds. The molecule has 1 heterocycles. The summed E-state index contributed by atoms with van der Waals surface area (Å²) in [5, 5.41) is 0. The Balaban J connectivity index is 2.65. The van der Waals surface area contributed by atoms with E-state index in [1.807, 2.05) is 6.07 Å². The molecule has 84 valence electrons.